The summed E-state index contributed by atoms with van der Waals surface area (Å²) in [4.78, 5) is 15.1. The zero-order valence-electron chi connectivity index (χ0n) is 9.37. The molecule has 1 aromatic heterocycles. The highest BCUT2D eigenvalue weighted by Crippen LogP contribution is 2.31. The van der Waals surface area contributed by atoms with Crippen molar-refractivity contribution in [3.8, 4) is 10.9 Å². The molecule has 0 amide bonds. The van der Waals surface area contributed by atoms with Gasteiger partial charge in [-0.2, -0.15) is 0 Å². The lowest BCUT2D eigenvalue weighted by atomic mass is 10.2. The Morgan fingerprint density at radius 2 is 2.00 bits per heavy atom. The number of hydrogen-bond acceptors (Lipinski definition) is 4. The number of aromatic nitrogens is 1. The SMILES string of the molecule is O=Cc1cccc(Oc2nc3ccccc3s2)c1. The van der Waals surface area contributed by atoms with Gasteiger partial charge in [-0.1, -0.05) is 35.6 Å². The summed E-state index contributed by atoms with van der Waals surface area (Å²) in [5.74, 6) is 0.624. The second-order valence-corrected chi connectivity index (χ2v) is 4.73. The van der Waals surface area contributed by atoms with Gasteiger partial charge >= 0.3 is 0 Å². The van der Waals surface area contributed by atoms with E-state index in [2.05, 4.69) is 4.98 Å². The molecule has 18 heavy (non-hydrogen) atoms. The Bertz CT molecular complexity index is 673. The predicted molar refractivity (Wildman–Crippen MR) is 71.5 cm³/mol. The van der Waals surface area contributed by atoms with E-state index in [0.717, 1.165) is 16.5 Å². The Balaban J connectivity index is 1.93. The number of carbonyl (C=O) groups excluding carboxylic acids is 1. The molecule has 4 heteroatoms. The maximum absolute atomic E-state index is 10.7. The van der Waals surface area contributed by atoms with Crippen molar-refractivity contribution < 1.29 is 9.53 Å². The average molecular weight is 255 g/mol. The van der Waals surface area contributed by atoms with Gasteiger partial charge in [0, 0.05) is 5.56 Å². The molecule has 3 rings (SSSR count). The van der Waals surface area contributed by atoms with Crippen LogP contribution in [-0.2, 0) is 0 Å². The van der Waals surface area contributed by atoms with Crippen molar-refractivity contribution in [1.82, 2.24) is 4.98 Å². The summed E-state index contributed by atoms with van der Waals surface area (Å²) in [6.45, 7) is 0. The van der Waals surface area contributed by atoms with E-state index in [-0.39, 0.29) is 0 Å². The molecule has 0 bridgehead atoms. The number of aldehydes is 1. The van der Waals surface area contributed by atoms with Crippen LogP contribution in [0.25, 0.3) is 10.2 Å². The Labute approximate surface area is 108 Å². The number of rotatable bonds is 3. The molecule has 0 aliphatic rings. The summed E-state index contributed by atoms with van der Waals surface area (Å²) >= 11 is 1.48. The van der Waals surface area contributed by atoms with Crippen molar-refractivity contribution >= 4 is 27.8 Å². The van der Waals surface area contributed by atoms with Gasteiger partial charge in [0.25, 0.3) is 5.19 Å². The standard InChI is InChI=1S/C14H9NO2S/c16-9-10-4-3-5-11(8-10)17-14-15-12-6-1-2-7-13(12)18-14/h1-9H. The number of ether oxygens (including phenoxy) is 1. The van der Waals surface area contributed by atoms with Crippen LogP contribution >= 0.6 is 11.3 Å². The monoisotopic (exact) mass is 255 g/mol. The molecular formula is C14H9NO2S. The van der Waals surface area contributed by atoms with E-state index in [4.69, 9.17) is 4.74 Å². The average Bonchev–Trinajstić information content (AvgIpc) is 2.81. The lowest BCUT2D eigenvalue weighted by molar-refractivity contribution is 0.112. The van der Waals surface area contributed by atoms with Crippen molar-refractivity contribution in [2.45, 2.75) is 0 Å². The molecule has 1 heterocycles. The van der Waals surface area contributed by atoms with E-state index in [1.165, 1.54) is 11.3 Å². The van der Waals surface area contributed by atoms with Gasteiger partial charge in [0.1, 0.15) is 12.0 Å². The van der Waals surface area contributed by atoms with Crippen LogP contribution in [0.2, 0.25) is 0 Å². The number of para-hydroxylation sites is 1. The highest BCUT2D eigenvalue weighted by molar-refractivity contribution is 7.20. The lowest BCUT2D eigenvalue weighted by Gasteiger charge is -2.00. The van der Waals surface area contributed by atoms with Gasteiger partial charge in [0.05, 0.1) is 10.2 Å². The topological polar surface area (TPSA) is 39.2 Å². The number of fused-ring (bicyclic) bond motifs is 1. The summed E-state index contributed by atoms with van der Waals surface area (Å²) in [5, 5.41) is 0.583. The van der Waals surface area contributed by atoms with Crippen LogP contribution < -0.4 is 4.74 Å². The third-order valence-corrected chi connectivity index (χ3v) is 3.39. The molecule has 3 nitrogen and oxygen atoms in total. The molecule has 2 aromatic carbocycles. The zero-order chi connectivity index (χ0) is 12.4. The van der Waals surface area contributed by atoms with Crippen LogP contribution in [0.1, 0.15) is 10.4 Å². The van der Waals surface area contributed by atoms with Crippen molar-refractivity contribution in [2.24, 2.45) is 0 Å². The van der Waals surface area contributed by atoms with Crippen LogP contribution in [0.5, 0.6) is 10.9 Å². The minimum Gasteiger partial charge on any atom is -0.431 e. The van der Waals surface area contributed by atoms with Gasteiger partial charge < -0.3 is 4.74 Å². The van der Waals surface area contributed by atoms with Gasteiger partial charge in [0.2, 0.25) is 0 Å². The first-order valence-electron chi connectivity index (χ1n) is 5.44. The van der Waals surface area contributed by atoms with E-state index in [1.54, 1.807) is 24.3 Å². The smallest absolute Gasteiger partial charge is 0.279 e. The van der Waals surface area contributed by atoms with E-state index < -0.39 is 0 Å². The number of carbonyl (C=O) groups is 1. The molecular weight excluding hydrogens is 246 g/mol. The molecule has 0 radical (unpaired) electrons. The molecule has 0 saturated carbocycles. The van der Waals surface area contributed by atoms with Crippen molar-refractivity contribution in [3.63, 3.8) is 0 Å². The maximum atomic E-state index is 10.7. The third-order valence-electron chi connectivity index (χ3n) is 2.47. The first-order valence-corrected chi connectivity index (χ1v) is 6.25. The summed E-state index contributed by atoms with van der Waals surface area (Å²) in [5.41, 5.74) is 1.51. The third kappa shape index (κ3) is 2.10. The fourth-order valence-corrected chi connectivity index (χ4v) is 2.48. The van der Waals surface area contributed by atoms with E-state index in [9.17, 15) is 4.79 Å². The maximum Gasteiger partial charge on any atom is 0.279 e. The second-order valence-electron chi connectivity index (χ2n) is 3.74. The molecule has 3 aromatic rings. The zero-order valence-corrected chi connectivity index (χ0v) is 10.2. The fourth-order valence-electron chi connectivity index (χ4n) is 1.65. The van der Waals surface area contributed by atoms with Crippen LogP contribution in [0.4, 0.5) is 0 Å². The molecule has 0 aliphatic heterocycles. The quantitative estimate of drug-likeness (QED) is 0.666. The molecule has 88 valence electrons. The Morgan fingerprint density at radius 3 is 2.83 bits per heavy atom. The number of hydrogen-bond donors (Lipinski definition) is 0. The van der Waals surface area contributed by atoms with E-state index in [0.29, 0.717) is 16.5 Å². The highest BCUT2D eigenvalue weighted by Gasteiger charge is 2.05. The van der Waals surface area contributed by atoms with Crippen LogP contribution in [-0.4, -0.2) is 11.3 Å². The first kappa shape index (κ1) is 10.9. The van der Waals surface area contributed by atoms with E-state index in [1.807, 2.05) is 24.3 Å². The summed E-state index contributed by atoms with van der Waals surface area (Å²) in [6.07, 6.45) is 0.797. The number of nitrogens with zero attached hydrogens (tertiary/aromatic N) is 1. The lowest BCUT2D eigenvalue weighted by Crippen LogP contribution is -1.85. The minimum atomic E-state index is 0.583. The van der Waals surface area contributed by atoms with Gasteiger partial charge in [-0.15, -0.1) is 0 Å². The molecule has 0 atom stereocenters. The predicted octanol–water partition coefficient (Wildman–Crippen LogP) is 3.90. The first-order chi connectivity index (χ1) is 8.85. The van der Waals surface area contributed by atoms with Gasteiger partial charge in [0.15, 0.2) is 0 Å². The second kappa shape index (κ2) is 4.58. The molecule has 0 unspecified atom stereocenters. The fraction of sp³-hybridized carbons (Fsp3) is 0. The highest BCUT2D eigenvalue weighted by atomic mass is 32.1. The minimum absolute atomic E-state index is 0.583. The number of benzene rings is 2. The van der Waals surface area contributed by atoms with Gasteiger partial charge in [-0.25, -0.2) is 4.98 Å². The number of thiazole rings is 1. The molecule has 0 spiro atoms. The molecule has 0 fully saturated rings. The largest absolute Gasteiger partial charge is 0.431 e. The Hall–Kier alpha value is -2.20. The van der Waals surface area contributed by atoms with Crippen LogP contribution in [0.3, 0.4) is 0 Å². The van der Waals surface area contributed by atoms with Crippen LogP contribution in [0.15, 0.2) is 48.5 Å². The van der Waals surface area contributed by atoms with Gasteiger partial charge in [-0.3, -0.25) is 4.79 Å². The normalized spacial score (nSPS) is 10.4. The summed E-state index contributed by atoms with van der Waals surface area (Å²) in [7, 11) is 0. The summed E-state index contributed by atoms with van der Waals surface area (Å²) < 4.78 is 6.74. The van der Waals surface area contributed by atoms with Crippen LogP contribution in [0, 0.1) is 0 Å². The van der Waals surface area contributed by atoms with Gasteiger partial charge in [-0.05, 0) is 24.3 Å². The molecule has 0 saturated heterocycles. The van der Waals surface area contributed by atoms with Crippen molar-refractivity contribution in [2.75, 3.05) is 0 Å². The Morgan fingerprint density at radius 1 is 1.11 bits per heavy atom. The molecule has 0 aliphatic carbocycles. The van der Waals surface area contributed by atoms with Crippen molar-refractivity contribution in [3.05, 3.63) is 54.1 Å². The van der Waals surface area contributed by atoms with E-state index >= 15 is 0 Å². The van der Waals surface area contributed by atoms with Crippen molar-refractivity contribution in [1.29, 1.82) is 0 Å². The Kier molecular flexibility index (Phi) is 2.78. The summed E-state index contributed by atoms with van der Waals surface area (Å²) in [6, 6.07) is 14.9. The molecule has 0 N–H and O–H groups in total.